The molecule has 6 nitrogen and oxygen atoms in total. The quantitative estimate of drug-likeness (QED) is 0.702. The van der Waals surface area contributed by atoms with Gasteiger partial charge in [-0.2, -0.15) is 0 Å². The maximum atomic E-state index is 13.9. The Morgan fingerprint density at radius 1 is 1.09 bits per heavy atom. The number of fused-ring (bicyclic) bond motifs is 1. The van der Waals surface area contributed by atoms with E-state index in [4.69, 9.17) is 4.74 Å². The summed E-state index contributed by atoms with van der Waals surface area (Å²) >= 11 is 0. The molecule has 0 radical (unpaired) electrons. The van der Waals surface area contributed by atoms with Crippen LogP contribution in [0.2, 0.25) is 0 Å². The molecule has 2 aromatic carbocycles. The van der Waals surface area contributed by atoms with Crippen molar-refractivity contribution in [1.29, 1.82) is 0 Å². The second kappa shape index (κ2) is 9.34. The van der Waals surface area contributed by atoms with E-state index in [-0.39, 0.29) is 17.6 Å². The third-order valence-corrected chi connectivity index (χ3v) is 6.82. The number of ether oxygens (including phenoxy) is 1. The molecule has 2 amide bonds. The highest BCUT2D eigenvalue weighted by atomic mass is 16.6. The van der Waals surface area contributed by atoms with Gasteiger partial charge in [-0.3, -0.25) is 4.79 Å². The first kappa shape index (κ1) is 23.6. The van der Waals surface area contributed by atoms with Gasteiger partial charge in [0.15, 0.2) is 0 Å². The van der Waals surface area contributed by atoms with Crippen LogP contribution in [0.25, 0.3) is 10.8 Å². The first-order valence-electron chi connectivity index (χ1n) is 12.1. The number of likely N-dealkylation sites (tertiary alicyclic amines) is 1. The number of aliphatic hydroxyl groups is 1. The minimum absolute atomic E-state index is 0.0722. The van der Waals surface area contributed by atoms with E-state index in [0.29, 0.717) is 32.4 Å². The Labute approximate surface area is 196 Å². The standard InChI is InChI=1S/C27H36N2O4/c1-26(2,3)28-25(31)33-22-13-16-29(18-22)24(30)23(27(32)14-7-4-8-15-27)21-12-11-19-9-5-6-10-20(19)17-21/h5-6,9-12,17,22-23,32H,4,7-8,13-16,18H2,1-3H3,(H,28,31)/t22-,23?/m1/s1. The Balaban J connectivity index is 1.56. The van der Waals surface area contributed by atoms with Gasteiger partial charge >= 0.3 is 6.09 Å². The van der Waals surface area contributed by atoms with Crippen LogP contribution in [0.5, 0.6) is 0 Å². The highest BCUT2D eigenvalue weighted by Crippen LogP contribution is 2.42. The van der Waals surface area contributed by atoms with E-state index in [2.05, 4.69) is 11.4 Å². The van der Waals surface area contributed by atoms with Crippen LogP contribution in [-0.4, -0.2) is 52.3 Å². The maximum Gasteiger partial charge on any atom is 0.407 e. The maximum absolute atomic E-state index is 13.9. The van der Waals surface area contributed by atoms with Gasteiger partial charge in [0.05, 0.1) is 18.1 Å². The van der Waals surface area contributed by atoms with Gasteiger partial charge in [0.2, 0.25) is 5.91 Å². The molecule has 1 unspecified atom stereocenters. The van der Waals surface area contributed by atoms with Crippen LogP contribution in [0, 0.1) is 0 Å². The lowest BCUT2D eigenvalue weighted by Gasteiger charge is -2.40. The van der Waals surface area contributed by atoms with E-state index < -0.39 is 17.6 Å². The summed E-state index contributed by atoms with van der Waals surface area (Å²) < 4.78 is 5.58. The second-order valence-corrected chi connectivity index (χ2v) is 10.7. The van der Waals surface area contributed by atoms with Gasteiger partial charge in [-0.15, -0.1) is 0 Å². The van der Waals surface area contributed by atoms with E-state index in [1.54, 1.807) is 4.90 Å². The molecule has 6 heteroatoms. The third kappa shape index (κ3) is 5.49. The van der Waals surface area contributed by atoms with Crippen LogP contribution >= 0.6 is 0 Å². The lowest BCUT2D eigenvalue weighted by molar-refractivity contribution is -0.141. The summed E-state index contributed by atoms with van der Waals surface area (Å²) in [5.41, 5.74) is -0.574. The minimum atomic E-state index is -1.06. The molecule has 1 saturated carbocycles. The first-order chi connectivity index (χ1) is 15.6. The Kier molecular flexibility index (Phi) is 6.66. The fourth-order valence-electron chi connectivity index (χ4n) is 5.22. The Morgan fingerprint density at radius 2 is 1.79 bits per heavy atom. The predicted molar refractivity (Wildman–Crippen MR) is 129 cm³/mol. The lowest BCUT2D eigenvalue weighted by atomic mass is 9.72. The van der Waals surface area contributed by atoms with Gasteiger partial charge in [0.25, 0.3) is 0 Å². The number of alkyl carbamates (subject to hydrolysis) is 1. The van der Waals surface area contributed by atoms with Gasteiger partial charge in [0, 0.05) is 18.5 Å². The summed E-state index contributed by atoms with van der Waals surface area (Å²) in [4.78, 5) is 27.8. The van der Waals surface area contributed by atoms with Crippen LogP contribution in [0.3, 0.4) is 0 Å². The molecule has 2 atom stereocenters. The number of carbonyl (C=O) groups excluding carboxylic acids is 2. The molecule has 1 heterocycles. The summed E-state index contributed by atoms with van der Waals surface area (Å²) in [7, 11) is 0. The van der Waals surface area contributed by atoms with E-state index in [0.717, 1.165) is 35.6 Å². The fourth-order valence-corrected chi connectivity index (χ4v) is 5.22. The minimum Gasteiger partial charge on any atom is -0.444 e. The van der Waals surface area contributed by atoms with Crippen molar-refractivity contribution in [3.8, 4) is 0 Å². The number of amides is 2. The summed E-state index contributed by atoms with van der Waals surface area (Å²) in [6.07, 6.45) is 3.98. The number of benzene rings is 2. The highest BCUT2D eigenvalue weighted by molar-refractivity contribution is 5.89. The average molecular weight is 453 g/mol. The lowest BCUT2D eigenvalue weighted by Crippen LogP contribution is -2.48. The first-order valence-corrected chi connectivity index (χ1v) is 12.1. The van der Waals surface area contributed by atoms with Gasteiger partial charge in [0.1, 0.15) is 6.10 Å². The Hall–Kier alpha value is -2.60. The van der Waals surface area contributed by atoms with Crippen LogP contribution in [-0.2, 0) is 9.53 Å². The van der Waals surface area contributed by atoms with Gasteiger partial charge < -0.3 is 20.1 Å². The summed E-state index contributed by atoms with van der Waals surface area (Å²) in [5, 5.41) is 16.7. The second-order valence-electron chi connectivity index (χ2n) is 10.7. The molecule has 2 N–H and O–H groups in total. The van der Waals surface area contributed by atoms with Gasteiger partial charge in [-0.05, 0) is 49.9 Å². The molecule has 1 aliphatic heterocycles. The molecular weight excluding hydrogens is 416 g/mol. The van der Waals surface area contributed by atoms with Crippen LogP contribution in [0.1, 0.15) is 70.8 Å². The molecule has 178 valence electrons. The molecule has 0 spiro atoms. The molecule has 2 aromatic rings. The van der Waals surface area contributed by atoms with Crippen LogP contribution in [0.15, 0.2) is 42.5 Å². The highest BCUT2D eigenvalue weighted by Gasteiger charge is 2.46. The van der Waals surface area contributed by atoms with Crippen molar-refractivity contribution in [2.45, 2.75) is 82.5 Å². The number of rotatable bonds is 4. The topological polar surface area (TPSA) is 78.9 Å². The zero-order valence-corrected chi connectivity index (χ0v) is 20.0. The van der Waals surface area contributed by atoms with Crippen LogP contribution < -0.4 is 5.32 Å². The number of hydrogen-bond donors (Lipinski definition) is 2. The molecule has 0 bridgehead atoms. The number of nitrogens with zero attached hydrogens (tertiary/aromatic N) is 1. The fraction of sp³-hybridized carbons (Fsp3) is 0.556. The smallest absolute Gasteiger partial charge is 0.407 e. The molecule has 2 aliphatic rings. The molecule has 1 saturated heterocycles. The number of nitrogens with one attached hydrogen (secondary N) is 1. The zero-order chi connectivity index (χ0) is 23.6. The van der Waals surface area contributed by atoms with Gasteiger partial charge in [-0.1, -0.05) is 61.7 Å². The third-order valence-electron chi connectivity index (χ3n) is 6.82. The van der Waals surface area contributed by atoms with Crippen molar-refractivity contribution in [3.63, 3.8) is 0 Å². The molecule has 33 heavy (non-hydrogen) atoms. The Morgan fingerprint density at radius 3 is 2.48 bits per heavy atom. The van der Waals surface area contributed by atoms with E-state index in [1.807, 2.05) is 57.2 Å². The SMILES string of the molecule is CC(C)(C)NC(=O)O[C@@H]1CCN(C(=O)C(c2ccc3ccccc3c2)C2(O)CCCCC2)C1. The normalized spacial score (nSPS) is 21.6. The van der Waals surface area contributed by atoms with Gasteiger partial charge in [-0.25, -0.2) is 4.79 Å². The van der Waals surface area contributed by atoms with Crippen molar-refractivity contribution in [2.24, 2.45) is 0 Å². The summed E-state index contributed by atoms with van der Waals surface area (Å²) in [6.45, 7) is 6.58. The van der Waals surface area contributed by atoms with E-state index in [9.17, 15) is 14.7 Å². The molecule has 4 rings (SSSR count). The summed E-state index contributed by atoms with van der Waals surface area (Å²) in [6, 6.07) is 14.1. The number of hydrogen-bond acceptors (Lipinski definition) is 4. The van der Waals surface area contributed by atoms with Crippen molar-refractivity contribution in [2.75, 3.05) is 13.1 Å². The van der Waals surface area contributed by atoms with Crippen molar-refractivity contribution >= 4 is 22.8 Å². The van der Waals surface area contributed by atoms with Crippen molar-refractivity contribution < 1.29 is 19.4 Å². The predicted octanol–water partition coefficient (Wildman–Crippen LogP) is 4.74. The summed E-state index contributed by atoms with van der Waals surface area (Å²) in [5.74, 6) is -0.693. The largest absolute Gasteiger partial charge is 0.444 e. The Bertz CT molecular complexity index is 1010. The average Bonchev–Trinajstić information content (AvgIpc) is 3.21. The molecular formula is C27H36N2O4. The molecule has 2 fully saturated rings. The van der Waals surface area contributed by atoms with E-state index >= 15 is 0 Å². The monoisotopic (exact) mass is 452 g/mol. The number of carbonyl (C=O) groups is 2. The van der Waals surface area contributed by atoms with Crippen molar-refractivity contribution in [3.05, 3.63) is 48.0 Å². The molecule has 1 aliphatic carbocycles. The van der Waals surface area contributed by atoms with E-state index in [1.165, 1.54) is 0 Å². The zero-order valence-electron chi connectivity index (χ0n) is 20.0. The van der Waals surface area contributed by atoms with Crippen molar-refractivity contribution in [1.82, 2.24) is 10.2 Å². The molecule has 0 aromatic heterocycles. The van der Waals surface area contributed by atoms with Crippen LogP contribution in [0.4, 0.5) is 4.79 Å².